The highest BCUT2D eigenvalue weighted by Crippen LogP contribution is 2.25. The van der Waals surface area contributed by atoms with Crippen LogP contribution in [0.1, 0.15) is 18.2 Å². The first-order valence-corrected chi connectivity index (χ1v) is 5.36. The van der Waals surface area contributed by atoms with Crippen molar-refractivity contribution in [2.75, 3.05) is 5.73 Å². The van der Waals surface area contributed by atoms with Gasteiger partial charge in [-0.2, -0.15) is 5.10 Å². The Labute approximate surface area is 95.1 Å². The quantitative estimate of drug-likeness (QED) is 0.834. The summed E-state index contributed by atoms with van der Waals surface area (Å²) < 4.78 is 1.83. The highest BCUT2D eigenvalue weighted by Gasteiger charge is 2.11. The third-order valence-corrected chi connectivity index (χ3v) is 2.59. The zero-order valence-electron chi connectivity index (χ0n) is 9.86. The normalized spacial score (nSPS) is 10.7. The van der Waals surface area contributed by atoms with E-state index in [0.29, 0.717) is 5.69 Å². The van der Waals surface area contributed by atoms with E-state index >= 15 is 0 Å². The van der Waals surface area contributed by atoms with E-state index in [1.54, 1.807) is 6.20 Å². The summed E-state index contributed by atoms with van der Waals surface area (Å²) in [7, 11) is 1.93. The molecular formula is C12H16N4. The minimum Gasteiger partial charge on any atom is -0.397 e. The molecule has 0 bridgehead atoms. The maximum atomic E-state index is 5.70. The van der Waals surface area contributed by atoms with Gasteiger partial charge in [0, 0.05) is 18.8 Å². The van der Waals surface area contributed by atoms with Gasteiger partial charge < -0.3 is 5.73 Å². The number of pyridine rings is 1. The third kappa shape index (κ3) is 1.78. The van der Waals surface area contributed by atoms with Gasteiger partial charge in [-0.25, -0.2) is 0 Å². The zero-order chi connectivity index (χ0) is 11.7. The second-order valence-electron chi connectivity index (χ2n) is 3.95. The average molecular weight is 216 g/mol. The van der Waals surface area contributed by atoms with Crippen molar-refractivity contribution in [2.45, 2.75) is 20.3 Å². The molecule has 4 nitrogen and oxygen atoms in total. The largest absolute Gasteiger partial charge is 0.397 e. The van der Waals surface area contributed by atoms with E-state index in [2.05, 4.69) is 17.0 Å². The number of nitrogen functional groups attached to an aromatic ring is 1. The summed E-state index contributed by atoms with van der Waals surface area (Å²) in [6.45, 7) is 4.11. The van der Waals surface area contributed by atoms with Crippen LogP contribution in [0.5, 0.6) is 0 Å². The number of hydrogen-bond acceptors (Lipinski definition) is 3. The molecule has 0 unspecified atom stereocenters. The van der Waals surface area contributed by atoms with Crippen molar-refractivity contribution in [2.24, 2.45) is 7.05 Å². The van der Waals surface area contributed by atoms with Crippen LogP contribution in [0.4, 0.5) is 5.69 Å². The van der Waals surface area contributed by atoms with Crippen LogP contribution in [0, 0.1) is 6.92 Å². The van der Waals surface area contributed by atoms with Gasteiger partial charge in [0.2, 0.25) is 0 Å². The van der Waals surface area contributed by atoms with Crippen LogP contribution in [0.15, 0.2) is 18.5 Å². The highest BCUT2D eigenvalue weighted by atomic mass is 15.3. The first kappa shape index (κ1) is 10.7. The topological polar surface area (TPSA) is 56.7 Å². The fourth-order valence-electron chi connectivity index (χ4n) is 1.87. The Morgan fingerprint density at radius 1 is 1.44 bits per heavy atom. The number of aromatic nitrogens is 3. The molecule has 2 aromatic rings. The van der Waals surface area contributed by atoms with Crippen molar-refractivity contribution in [3.63, 3.8) is 0 Å². The summed E-state index contributed by atoms with van der Waals surface area (Å²) in [6.07, 6.45) is 4.60. The first-order chi connectivity index (χ1) is 7.61. The molecular weight excluding hydrogens is 200 g/mol. The van der Waals surface area contributed by atoms with Crippen molar-refractivity contribution in [1.82, 2.24) is 14.8 Å². The molecule has 0 aliphatic heterocycles. The molecule has 0 aliphatic carbocycles. The van der Waals surface area contributed by atoms with Crippen LogP contribution in [0.3, 0.4) is 0 Å². The Morgan fingerprint density at radius 2 is 2.19 bits per heavy atom. The predicted molar refractivity (Wildman–Crippen MR) is 65.0 cm³/mol. The lowest BCUT2D eigenvalue weighted by Gasteiger charge is -2.04. The summed E-state index contributed by atoms with van der Waals surface area (Å²) in [5, 5.41) is 4.41. The Morgan fingerprint density at radius 3 is 2.81 bits per heavy atom. The monoisotopic (exact) mass is 216 g/mol. The van der Waals surface area contributed by atoms with Gasteiger partial charge in [0.05, 0.1) is 23.3 Å². The summed E-state index contributed by atoms with van der Waals surface area (Å²) in [5.41, 5.74) is 10.6. The lowest BCUT2D eigenvalue weighted by atomic mass is 10.1. The van der Waals surface area contributed by atoms with Crippen molar-refractivity contribution >= 4 is 5.69 Å². The molecule has 0 atom stereocenters. The van der Waals surface area contributed by atoms with Gasteiger partial charge >= 0.3 is 0 Å². The lowest BCUT2D eigenvalue weighted by Crippen LogP contribution is -1.94. The van der Waals surface area contributed by atoms with E-state index in [1.807, 2.05) is 30.9 Å². The van der Waals surface area contributed by atoms with E-state index in [4.69, 9.17) is 5.73 Å². The fourth-order valence-corrected chi connectivity index (χ4v) is 1.87. The molecule has 0 amide bonds. The summed E-state index contributed by atoms with van der Waals surface area (Å²) in [5.74, 6) is 0. The first-order valence-electron chi connectivity index (χ1n) is 5.36. The van der Waals surface area contributed by atoms with E-state index in [9.17, 15) is 0 Å². The standard InChI is InChI=1S/C12H16N4/c1-4-11-10(7-16(3)15-11)12-8(2)5-9(13)6-14-12/h5-7H,4,13H2,1-3H3. The third-order valence-electron chi connectivity index (χ3n) is 2.59. The molecule has 2 N–H and O–H groups in total. The van der Waals surface area contributed by atoms with E-state index in [1.165, 1.54) is 0 Å². The Hall–Kier alpha value is -1.84. The molecule has 2 aromatic heterocycles. The fraction of sp³-hybridized carbons (Fsp3) is 0.333. The van der Waals surface area contributed by atoms with Crippen molar-refractivity contribution in [3.8, 4) is 11.3 Å². The van der Waals surface area contributed by atoms with Crippen LogP contribution >= 0.6 is 0 Å². The van der Waals surface area contributed by atoms with Crippen molar-refractivity contribution < 1.29 is 0 Å². The van der Waals surface area contributed by atoms with Gasteiger partial charge in [0.1, 0.15) is 0 Å². The maximum absolute atomic E-state index is 5.70. The van der Waals surface area contributed by atoms with E-state index in [-0.39, 0.29) is 0 Å². The van der Waals surface area contributed by atoms with Crippen LogP contribution in [0.25, 0.3) is 11.3 Å². The Bertz CT molecular complexity index is 514. The van der Waals surface area contributed by atoms with Crippen LogP contribution in [-0.2, 0) is 13.5 Å². The summed E-state index contributed by atoms with van der Waals surface area (Å²) >= 11 is 0. The highest BCUT2D eigenvalue weighted by molar-refractivity contribution is 5.66. The molecule has 0 spiro atoms. The van der Waals surface area contributed by atoms with E-state index in [0.717, 1.165) is 28.9 Å². The molecule has 16 heavy (non-hydrogen) atoms. The number of rotatable bonds is 2. The van der Waals surface area contributed by atoms with Crippen LogP contribution in [-0.4, -0.2) is 14.8 Å². The molecule has 0 aliphatic rings. The molecule has 0 radical (unpaired) electrons. The number of nitrogens with two attached hydrogens (primary N) is 1. The molecule has 0 saturated heterocycles. The van der Waals surface area contributed by atoms with Gasteiger partial charge in [-0.15, -0.1) is 0 Å². The Balaban J connectivity index is 2.57. The second-order valence-corrected chi connectivity index (χ2v) is 3.95. The molecule has 4 heteroatoms. The zero-order valence-corrected chi connectivity index (χ0v) is 9.86. The van der Waals surface area contributed by atoms with Gasteiger partial charge in [-0.05, 0) is 25.0 Å². The molecule has 0 fully saturated rings. The van der Waals surface area contributed by atoms with Gasteiger partial charge in [-0.3, -0.25) is 9.67 Å². The summed E-state index contributed by atoms with van der Waals surface area (Å²) in [4.78, 5) is 4.39. The molecule has 0 aromatic carbocycles. The van der Waals surface area contributed by atoms with Crippen molar-refractivity contribution in [3.05, 3.63) is 29.7 Å². The van der Waals surface area contributed by atoms with Gasteiger partial charge in [0.25, 0.3) is 0 Å². The number of nitrogens with zero attached hydrogens (tertiary/aromatic N) is 3. The van der Waals surface area contributed by atoms with Crippen LogP contribution in [0.2, 0.25) is 0 Å². The molecule has 84 valence electrons. The molecule has 2 rings (SSSR count). The van der Waals surface area contributed by atoms with Crippen LogP contribution < -0.4 is 5.73 Å². The maximum Gasteiger partial charge on any atom is 0.0767 e. The van der Waals surface area contributed by atoms with E-state index < -0.39 is 0 Å². The molecule has 0 saturated carbocycles. The average Bonchev–Trinajstić information content (AvgIpc) is 2.59. The molecule has 2 heterocycles. The summed E-state index contributed by atoms with van der Waals surface area (Å²) in [6, 6.07) is 1.94. The number of anilines is 1. The van der Waals surface area contributed by atoms with Gasteiger partial charge in [-0.1, -0.05) is 6.92 Å². The van der Waals surface area contributed by atoms with Gasteiger partial charge in [0.15, 0.2) is 0 Å². The van der Waals surface area contributed by atoms with Crippen molar-refractivity contribution in [1.29, 1.82) is 0 Å². The SMILES string of the molecule is CCc1nn(C)cc1-c1ncc(N)cc1C. The minimum absolute atomic E-state index is 0.697. The smallest absolute Gasteiger partial charge is 0.0767 e. The number of hydrogen-bond donors (Lipinski definition) is 1. The Kier molecular flexibility index (Phi) is 2.64. The number of aryl methyl sites for hydroxylation is 3. The lowest BCUT2D eigenvalue weighted by molar-refractivity contribution is 0.746. The predicted octanol–water partition coefficient (Wildman–Crippen LogP) is 1.94. The minimum atomic E-state index is 0.697. The second kappa shape index (κ2) is 3.96.